The molecule has 0 N–H and O–H groups in total. The van der Waals surface area contributed by atoms with E-state index >= 15 is 0 Å². The lowest BCUT2D eigenvalue weighted by Gasteiger charge is -2.22. The lowest BCUT2D eigenvalue weighted by atomic mass is 9.83. The van der Waals surface area contributed by atoms with Crippen molar-refractivity contribution in [2.45, 2.75) is 39.0 Å². The third-order valence-electron chi connectivity index (χ3n) is 4.34. The zero-order valence-corrected chi connectivity index (χ0v) is 12.2. The van der Waals surface area contributed by atoms with Gasteiger partial charge in [-0.2, -0.15) is 0 Å². The summed E-state index contributed by atoms with van der Waals surface area (Å²) in [6, 6.07) is 0. The first-order valence-corrected chi connectivity index (χ1v) is 7.32. The summed E-state index contributed by atoms with van der Waals surface area (Å²) in [5.74, 6) is 5.86. The summed E-state index contributed by atoms with van der Waals surface area (Å²) < 4.78 is 2.04. The molecule has 2 fully saturated rings. The molecule has 2 bridgehead atoms. The van der Waals surface area contributed by atoms with Crippen LogP contribution in [0.15, 0.2) is 18.2 Å². The Morgan fingerprint density at radius 3 is 2.94 bits per heavy atom. The molecule has 2 heteroatoms. The van der Waals surface area contributed by atoms with Crippen LogP contribution in [-0.2, 0) is 0 Å². The Bertz CT molecular complexity index is 339. The van der Waals surface area contributed by atoms with Crippen LogP contribution in [0.1, 0.15) is 39.0 Å². The van der Waals surface area contributed by atoms with E-state index in [0.717, 1.165) is 24.3 Å². The minimum atomic E-state index is 0.946. The standard InChI is InChI=1S/C14H21IN/c1-3-11-8-14-10-13(11)9-12(14)6-5-7-16(15)4-2/h3,12-14H,2,5-10H2,1H3/q+1/b11-3+. The van der Waals surface area contributed by atoms with E-state index in [0.29, 0.717) is 0 Å². The third-order valence-corrected chi connectivity index (χ3v) is 5.16. The second-order valence-electron chi connectivity index (χ2n) is 5.14. The van der Waals surface area contributed by atoms with Crippen molar-refractivity contribution in [1.29, 1.82) is 0 Å². The topological polar surface area (TPSA) is 3.01 Å². The zero-order chi connectivity index (χ0) is 11.5. The number of fused-ring (bicyclic) bond motifs is 2. The van der Waals surface area contributed by atoms with Crippen molar-refractivity contribution >= 4 is 28.7 Å². The molecule has 0 aromatic carbocycles. The van der Waals surface area contributed by atoms with E-state index in [1.807, 2.05) is 2.79 Å². The van der Waals surface area contributed by atoms with E-state index in [1.165, 1.54) is 32.1 Å². The molecule has 1 nitrogen and oxygen atoms in total. The molecule has 0 radical (unpaired) electrons. The zero-order valence-electron chi connectivity index (χ0n) is 10.1. The average molecular weight is 330 g/mol. The Hall–Kier alpha value is -0.0800. The molecule has 88 valence electrons. The van der Waals surface area contributed by atoms with Crippen molar-refractivity contribution in [2.75, 3.05) is 6.54 Å². The fourth-order valence-corrected chi connectivity index (χ4v) is 3.85. The average Bonchev–Trinajstić information content (AvgIpc) is 2.87. The summed E-state index contributed by atoms with van der Waals surface area (Å²) in [5, 5.41) is 0. The number of rotatable bonds is 4. The quantitative estimate of drug-likeness (QED) is 0.317. The second kappa shape index (κ2) is 5.50. The van der Waals surface area contributed by atoms with E-state index in [4.69, 9.17) is 0 Å². The summed E-state index contributed by atoms with van der Waals surface area (Å²) in [4.78, 5) is 0. The van der Waals surface area contributed by atoms with Gasteiger partial charge in [0.1, 0.15) is 0 Å². The molecule has 2 aliphatic rings. The Morgan fingerprint density at radius 2 is 2.38 bits per heavy atom. The van der Waals surface area contributed by atoms with Crippen molar-refractivity contribution in [1.82, 2.24) is 0 Å². The van der Waals surface area contributed by atoms with Crippen molar-refractivity contribution < 1.29 is 2.79 Å². The largest absolute Gasteiger partial charge is 0.358 e. The minimum Gasteiger partial charge on any atom is -0.127 e. The number of hydrogen-bond donors (Lipinski definition) is 0. The molecule has 16 heavy (non-hydrogen) atoms. The van der Waals surface area contributed by atoms with Gasteiger partial charge in [0.05, 0.1) is 0 Å². The van der Waals surface area contributed by atoms with E-state index < -0.39 is 0 Å². The van der Waals surface area contributed by atoms with Gasteiger partial charge in [0.25, 0.3) is 0 Å². The third kappa shape index (κ3) is 2.60. The van der Waals surface area contributed by atoms with E-state index in [2.05, 4.69) is 48.3 Å². The molecular weight excluding hydrogens is 309 g/mol. The molecule has 0 heterocycles. The van der Waals surface area contributed by atoms with Crippen LogP contribution in [-0.4, -0.2) is 15.2 Å². The molecule has 2 saturated carbocycles. The first-order valence-electron chi connectivity index (χ1n) is 6.35. The summed E-state index contributed by atoms with van der Waals surface area (Å²) in [6.45, 7) is 6.97. The van der Waals surface area contributed by atoms with Gasteiger partial charge >= 0.3 is 22.9 Å². The van der Waals surface area contributed by atoms with Crippen molar-refractivity contribution in [3.05, 3.63) is 18.2 Å². The van der Waals surface area contributed by atoms with Crippen LogP contribution >= 0.6 is 22.9 Å². The predicted octanol–water partition coefficient (Wildman–Crippen LogP) is 3.98. The molecule has 0 saturated heterocycles. The van der Waals surface area contributed by atoms with Gasteiger partial charge in [-0.05, 0) is 50.4 Å². The van der Waals surface area contributed by atoms with Crippen molar-refractivity contribution in [3.63, 3.8) is 0 Å². The second-order valence-corrected chi connectivity index (χ2v) is 6.31. The monoisotopic (exact) mass is 330 g/mol. The van der Waals surface area contributed by atoms with Gasteiger partial charge in [-0.3, -0.25) is 0 Å². The smallest absolute Gasteiger partial charge is 0.127 e. The molecule has 3 unspecified atom stereocenters. The maximum atomic E-state index is 3.66. The van der Waals surface area contributed by atoms with Crippen molar-refractivity contribution in [2.24, 2.45) is 17.8 Å². The van der Waals surface area contributed by atoms with Gasteiger partial charge in [0.15, 0.2) is 12.4 Å². The molecule has 0 aliphatic heterocycles. The lowest BCUT2D eigenvalue weighted by molar-refractivity contribution is -0.288. The molecular formula is C14H21IN+. The first kappa shape index (κ1) is 12.4. The summed E-state index contributed by atoms with van der Waals surface area (Å²) in [5.41, 5.74) is 1.75. The summed E-state index contributed by atoms with van der Waals surface area (Å²) >= 11 is 2.28. The van der Waals surface area contributed by atoms with Crippen LogP contribution < -0.4 is 0 Å². The molecule has 2 aliphatic carbocycles. The van der Waals surface area contributed by atoms with Crippen LogP contribution in [0.2, 0.25) is 0 Å². The molecule has 0 aromatic heterocycles. The van der Waals surface area contributed by atoms with Crippen molar-refractivity contribution in [3.8, 4) is 0 Å². The van der Waals surface area contributed by atoms with Crippen LogP contribution in [0.3, 0.4) is 0 Å². The minimum absolute atomic E-state index is 0.946. The van der Waals surface area contributed by atoms with Crippen LogP contribution in [0.25, 0.3) is 0 Å². The highest BCUT2D eigenvalue weighted by Gasteiger charge is 2.41. The molecule has 0 amide bonds. The number of nitrogens with zero attached hydrogens (tertiary/aromatic N) is 1. The Balaban J connectivity index is 1.77. The molecule has 0 spiro atoms. The maximum Gasteiger partial charge on any atom is 0.358 e. The van der Waals surface area contributed by atoms with E-state index in [9.17, 15) is 0 Å². The predicted molar refractivity (Wildman–Crippen MR) is 77.1 cm³/mol. The van der Waals surface area contributed by atoms with Crippen LogP contribution in [0.5, 0.6) is 0 Å². The Labute approximate surface area is 113 Å². The van der Waals surface area contributed by atoms with Gasteiger partial charge in [-0.25, -0.2) is 0 Å². The van der Waals surface area contributed by atoms with Gasteiger partial charge in [-0.15, -0.1) is 2.79 Å². The number of hydrogen-bond acceptors (Lipinski definition) is 0. The van der Waals surface area contributed by atoms with Crippen LogP contribution in [0, 0.1) is 17.8 Å². The molecule has 3 atom stereocenters. The fourth-order valence-electron chi connectivity index (χ4n) is 3.51. The maximum absolute atomic E-state index is 3.66. The molecule has 0 aromatic rings. The fraction of sp³-hybridized carbons (Fsp3) is 0.714. The van der Waals surface area contributed by atoms with Gasteiger partial charge in [0, 0.05) is 13.0 Å². The number of halogens is 1. The van der Waals surface area contributed by atoms with Gasteiger partial charge in [-0.1, -0.05) is 11.6 Å². The Morgan fingerprint density at radius 1 is 1.56 bits per heavy atom. The first-order chi connectivity index (χ1) is 7.74. The van der Waals surface area contributed by atoms with Gasteiger partial charge < -0.3 is 0 Å². The highest BCUT2D eigenvalue weighted by molar-refractivity contribution is 14.1. The lowest BCUT2D eigenvalue weighted by Crippen LogP contribution is -2.13. The highest BCUT2D eigenvalue weighted by atomic mass is 127. The van der Waals surface area contributed by atoms with Crippen LogP contribution in [0.4, 0.5) is 0 Å². The molecule has 2 rings (SSSR count). The van der Waals surface area contributed by atoms with E-state index in [1.54, 1.807) is 5.57 Å². The van der Waals surface area contributed by atoms with E-state index in [-0.39, 0.29) is 0 Å². The SMILES string of the molecule is C=C=[N+](I)CCCC1CC2CC1C/C2=C\C. The number of allylic oxidation sites excluding steroid dienone is 2. The Kier molecular flexibility index (Phi) is 4.26. The normalized spacial score (nSPS) is 34.4. The highest BCUT2D eigenvalue weighted by Crippen LogP contribution is 2.52. The summed E-state index contributed by atoms with van der Waals surface area (Å²) in [7, 11) is 0. The van der Waals surface area contributed by atoms with Gasteiger partial charge in [0.2, 0.25) is 0 Å². The summed E-state index contributed by atoms with van der Waals surface area (Å²) in [6.07, 6.45) is 9.40.